The van der Waals surface area contributed by atoms with Crippen molar-refractivity contribution >= 4 is 11.5 Å². The van der Waals surface area contributed by atoms with Gasteiger partial charge in [-0.25, -0.2) is 0 Å². The number of carbonyl (C=O) groups excluding carboxylic acids is 1. The number of benzene rings is 1. The molecule has 0 radical (unpaired) electrons. The van der Waals surface area contributed by atoms with Crippen molar-refractivity contribution < 1.29 is 18.9 Å². The zero-order chi connectivity index (χ0) is 22.5. The fraction of sp³-hybridized carbons (Fsp3) is 0.304. The number of allylic oxidation sites excluding steroid dienone is 3. The Morgan fingerprint density at radius 1 is 1.26 bits per heavy atom. The molecule has 1 aromatic heterocycles. The van der Waals surface area contributed by atoms with Crippen molar-refractivity contribution in [2.75, 3.05) is 0 Å². The number of hydrogen-bond acceptors (Lipinski definition) is 7. The molecular weight excluding hydrogens is 398 g/mol. The summed E-state index contributed by atoms with van der Waals surface area (Å²) in [5, 5.41) is 21.0. The molecule has 1 aliphatic heterocycles. The van der Waals surface area contributed by atoms with Crippen LogP contribution in [0.4, 0.5) is 5.69 Å². The number of ether oxygens (including phenoxy) is 1. The summed E-state index contributed by atoms with van der Waals surface area (Å²) >= 11 is 0. The number of nitriles is 1. The number of nitrogens with two attached hydrogens (primary N) is 1. The van der Waals surface area contributed by atoms with E-state index in [-0.39, 0.29) is 28.3 Å². The van der Waals surface area contributed by atoms with E-state index in [0.717, 1.165) is 0 Å². The molecule has 0 saturated carbocycles. The third-order valence-electron chi connectivity index (χ3n) is 5.68. The topological polar surface area (TPSA) is 132 Å². The number of aryl methyl sites for hydroxylation is 1. The van der Waals surface area contributed by atoms with Crippen molar-refractivity contribution in [2.45, 2.75) is 39.5 Å². The zero-order valence-electron chi connectivity index (χ0n) is 17.4. The molecule has 2 heterocycles. The standard InChI is InChI=1S/C23H21N3O5/c1-12-4-5-13(8-15(12)26(28)29)17-6-7-18(30-17)20-14(11-24)22(25)31-19-10-23(2,3)9-16(27)21(19)20/h4-8,20H,9-10,25H2,1-3H3/t20-/m1/s1. The predicted octanol–water partition coefficient (Wildman–Crippen LogP) is 4.61. The van der Waals surface area contributed by atoms with Crippen LogP contribution >= 0.6 is 0 Å². The summed E-state index contributed by atoms with van der Waals surface area (Å²) in [4.78, 5) is 23.8. The van der Waals surface area contributed by atoms with Gasteiger partial charge >= 0.3 is 0 Å². The van der Waals surface area contributed by atoms with Crippen molar-refractivity contribution in [3.8, 4) is 17.4 Å². The van der Waals surface area contributed by atoms with E-state index in [1.165, 1.54) is 6.07 Å². The second kappa shape index (κ2) is 7.13. The molecule has 2 aromatic rings. The highest BCUT2D eigenvalue weighted by Crippen LogP contribution is 2.48. The van der Waals surface area contributed by atoms with Crippen LogP contribution in [0.15, 0.2) is 57.5 Å². The number of hydrogen-bond donors (Lipinski definition) is 1. The molecule has 1 aliphatic carbocycles. The number of Topliss-reactive ketones (excluding diaryl/α,β-unsaturated/α-hetero) is 1. The van der Waals surface area contributed by atoms with Crippen molar-refractivity contribution in [2.24, 2.45) is 11.1 Å². The van der Waals surface area contributed by atoms with Crippen LogP contribution in [0, 0.1) is 33.8 Å². The van der Waals surface area contributed by atoms with Crippen LogP contribution in [-0.2, 0) is 9.53 Å². The van der Waals surface area contributed by atoms with Gasteiger partial charge in [-0.1, -0.05) is 26.0 Å². The summed E-state index contributed by atoms with van der Waals surface area (Å²) in [5.41, 5.74) is 7.29. The Bertz CT molecular complexity index is 1230. The van der Waals surface area contributed by atoms with Crippen LogP contribution in [0.3, 0.4) is 0 Å². The first-order valence-corrected chi connectivity index (χ1v) is 9.80. The molecule has 1 aromatic carbocycles. The van der Waals surface area contributed by atoms with E-state index in [0.29, 0.717) is 46.8 Å². The largest absolute Gasteiger partial charge is 0.460 e. The first-order valence-electron chi connectivity index (χ1n) is 9.80. The Hall–Kier alpha value is -3.86. The van der Waals surface area contributed by atoms with E-state index in [9.17, 15) is 20.2 Å². The third-order valence-corrected chi connectivity index (χ3v) is 5.68. The normalized spacial score (nSPS) is 20.2. The van der Waals surface area contributed by atoms with Crippen LogP contribution in [-0.4, -0.2) is 10.7 Å². The molecule has 0 unspecified atom stereocenters. The Labute approximate surface area is 178 Å². The number of carbonyl (C=O) groups is 1. The minimum absolute atomic E-state index is 0.0157. The number of nitro benzene ring substituents is 1. The molecule has 2 N–H and O–H groups in total. The van der Waals surface area contributed by atoms with Gasteiger partial charge in [-0.2, -0.15) is 5.26 Å². The molecule has 0 spiro atoms. The van der Waals surface area contributed by atoms with Crippen molar-refractivity contribution in [1.29, 1.82) is 5.26 Å². The fourth-order valence-electron chi connectivity index (χ4n) is 4.19. The molecule has 4 rings (SSSR count). The van der Waals surface area contributed by atoms with Gasteiger partial charge in [0.2, 0.25) is 5.88 Å². The van der Waals surface area contributed by atoms with Gasteiger partial charge in [-0.15, -0.1) is 0 Å². The van der Waals surface area contributed by atoms with Gasteiger partial charge in [-0.05, 0) is 24.5 Å². The lowest BCUT2D eigenvalue weighted by Gasteiger charge is -2.36. The smallest absolute Gasteiger partial charge is 0.273 e. The Morgan fingerprint density at radius 2 is 2.00 bits per heavy atom. The molecule has 1 atom stereocenters. The molecule has 8 heteroatoms. The maximum Gasteiger partial charge on any atom is 0.273 e. The summed E-state index contributed by atoms with van der Waals surface area (Å²) in [6.45, 7) is 5.61. The van der Waals surface area contributed by atoms with Crippen LogP contribution < -0.4 is 5.73 Å². The summed E-state index contributed by atoms with van der Waals surface area (Å²) < 4.78 is 11.7. The lowest BCUT2D eigenvalue weighted by molar-refractivity contribution is -0.385. The van der Waals surface area contributed by atoms with Gasteiger partial charge in [0, 0.05) is 35.6 Å². The van der Waals surface area contributed by atoms with E-state index < -0.39 is 10.8 Å². The first kappa shape index (κ1) is 20.4. The van der Waals surface area contributed by atoms with Crippen LogP contribution in [0.25, 0.3) is 11.3 Å². The SMILES string of the molecule is Cc1ccc(-c2ccc([C@H]3C(C#N)=C(N)OC4=C3C(=O)CC(C)(C)C4)o2)cc1[N+](=O)[O-]. The minimum Gasteiger partial charge on any atom is -0.460 e. The first-order chi connectivity index (χ1) is 14.6. The second-order valence-electron chi connectivity index (χ2n) is 8.66. The van der Waals surface area contributed by atoms with E-state index in [1.54, 1.807) is 31.2 Å². The van der Waals surface area contributed by atoms with Crippen LogP contribution in [0.5, 0.6) is 0 Å². The molecule has 0 saturated heterocycles. The average molecular weight is 419 g/mol. The van der Waals surface area contributed by atoms with E-state index in [4.69, 9.17) is 14.9 Å². The van der Waals surface area contributed by atoms with E-state index in [2.05, 4.69) is 6.07 Å². The monoisotopic (exact) mass is 419 g/mol. The minimum atomic E-state index is -0.772. The number of nitrogens with zero attached hydrogens (tertiary/aromatic N) is 2. The molecule has 0 amide bonds. The quantitative estimate of drug-likeness (QED) is 0.567. The predicted molar refractivity (Wildman–Crippen MR) is 111 cm³/mol. The van der Waals surface area contributed by atoms with Gasteiger partial charge in [0.05, 0.1) is 10.8 Å². The summed E-state index contributed by atoms with van der Waals surface area (Å²) in [5.74, 6) is 0.298. The number of ketones is 1. The highest BCUT2D eigenvalue weighted by atomic mass is 16.6. The molecule has 8 nitrogen and oxygen atoms in total. The van der Waals surface area contributed by atoms with Gasteiger partial charge < -0.3 is 14.9 Å². The molecule has 0 bridgehead atoms. The van der Waals surface area contributed by atoms with E-state index in [1.807, 2.05) is 13.8 Å². The number of nitro groups is 1. The van der Waals surface area contributed by atoms with Crippen molar-refractivity contribution in [1.82, 2.24) is 0 Å². The second-order valence-corrected chi connectivity index (χ2v) is 8.66. The van der Waals surface area contributed by atoms with Crippen molar-refractivity contribution in [3.05, 3.63) is 74.6 Å². The fourth-order valence-corrected chi connectivity index (χ4v) is 4.19. The molecule has 158 valence electrons. The lowest BCUT2D eigenvalue weighted by Crippen LogP contribution is -2.33. The number of rotatable bonds is 3. The molecular formula is C23H21N3O5. The Kier molecular flexibility index (Phi) is 4.69. The maximum absolute atomic E-state index is 13.0. The zero-order valence-corrected chi connectivity index (χ0v) is 17.4. The lowest BCUT2D eigenvalue weighted by atomic mass is 9.71. The van der Waals surface area contributed by atoms with Crippen molar-refractivity contribution in [3.63, 3.8) is 0 Å². The van der Waals surface area contributed by atoms with Gasteiger partial charge in [0.25, 0.3) is 5.69 Å². The molecule has 0 fully saturated rings. The third kappa shape index (κ3) is 3.48. The highest BCUT2D eigenvalue weighted by molar-refractivity contribution is 5.99. The summed E-state index contributed by atoms with van der Waals surface area (Å²) in [6, 6.07) is 10.2. The van der Waals surface area contributed by atoms with Crippen LogP contribution in [0.1, 0.15) is 43.9 Å². The van der Waals surface area contributed by atoms with Gasteiger partial charge in [0.1, 0.15) is 28.9 Å². The summed E-state index contributed by atoms with van der Waals surface area (Å²) in [6.07, 6.45) is 0.837. The average Bonchev–Trinajstić information content (AvgIpc) is 3.15. The van der Waals surface area contributed by atoms with E-state index >= 15 is 0 Å². The maximum atomic E-state index is 13.0. The Balaban J connectivity index is 1.81. The molecule has 31 heavy (non-hydrogen) atoms. The molecule has 2 aliphatic rings. The summed E-state index contributed by atoms with van der Waals surface area (Å²) in [7, 11) is 0. The van der Waals surface area contributed by atoms with Gasteiger partial charge in [-0.3, -0.25) is 14.9 Å². The van der Waals surface area contributed by atoms with Crippen LogP contribution in [0.2, 0.25) is 0 Å². The highest BCUT2D eigenvalue weighted by Gasteiger charge is 2.44. The van der Waals surface area contributed by atoms with Gasteiger partial charge in [0.15, 0.2) is 5.78 Å². The number of furan rings is 1. The Morgan fingerprint density at radius 3 is 2.68 bits per heavy atom.